The first-order valence-corrected chi connectivity index (χ1v) is 9.76. The highest BCUT2D eigenvalue weighted by molar-refractivity contribution is 5.68. The molecule has 1 saturated carbocycles. The molecule has 0 saturated heterocycles. The average molecular weight is 393 g/mol. The van der Waals surface area contributed by atoms with Gasteiger partial charge in [0, 0.05) is 31.7 Å². The number of carboxylic acid groups (broad SMARTS) is 3. The monoisotopic (exact) mass is 393 g/mol. The van der Waals surface area contributed by atoms with E-state index >= 15 is 0 Å². The van der Waals surface area contributed by atoms with Crippen LogP contribution in [0.3, 0.4) is 0 Å². The van der Waals surface area contributed by atoms with Crippen molar-refractivity contribution in [3.63, 3.8) is 0 Å². The van der Waals surface area contributed by atoms with Gasteiger partial charge in [0.05, 0.1) is 0 Å². The minimum absolute atomic E-state index is 0.0215. The van der Waals surface area contributed by atoms with Gasteiger partial charge in [-0.1, -0.05) is 12.2 Å². The first-order valence-electron chi connectivity index (χ1n) is 9.76. The molecule has 2 rings (SSSR count). The zero-order valence-corrected chi connectivity index (χ0v) is 16.1. The Morgan fingerprint density at radius 1 is 0.607 bits per heavy atom. The van der Waals surface area contributed by atoms with Crippen molar-refractivity contribution in [3.8, 4) is 0 Å². The van der Waals surface area contributed by atoms with Crippen molar-refractivity contribution < 1.29 is 29.7 Å². The van der Waals surface area contributed by atoms with Gasteiger partial charge in [-0.2, -0.15) is 0 Å². The van der Waals surface area contributed by atoms with Crippen LogP contribution >= 0.6 is 0 Å². The third kappa shape index (κ3) is 11.9. The van der Waals surface area contributed by atoms with E-state index in [0.717, 1.165) is 0 Å². The number of allylic oxidation sites excluding steroid dienone is 4. The van der Waals surface area contributed by atoms with Gasteiger partial charge in [0.2, 0.25) is 0 Å². The van der Waals surface area contributed by atoms with Gasteiger partial charge in [0.15, 0.2) is 0 Å². The van der Waals surface area contributed by atoms with Gasteiger partial charge >= 0.3 is 17.9 Å². The highest BCUT2D eigenvalue weighted by atomic mass is 16.4. The lowest BCUT2D eigenvalue weighted by Gasteiger charge is -2.16. The summed E-state index contributed by atoms with van der Waals surface area (Å²) in [6.45, 7) is 0. The summed E-state index contributed by atoms with van der Waals surface area (Å²) in [6, 6.07) is 0. The Kier molecular flexibility index (Phi) is 11.4. The summed E-state index contributed by atoms with van der Waals surface area (Å²) in [6.07, 6.45) is 16.1. The number of aliphatic carboxylic acids is 3. The Balaban J connectivity index is 0.000000467. The largest absolute Gasteiger partial charge is 0.481 e. The summed E-state index contributed by atoms with van der Waals surface area (Å²) >= 11 is 0. The van der Waals surface area contributed by atoms with Crippen LogP contribution in [0.5, 0.6) is 0 Å². The Morgan fingerprint density at radius 3 is 1.14 bits per heavy atom. The molecule has 1 aliphatic heterocycles. The van der Waals surface area contributed by atoms with Crippen molar-refractivity contribution >= 4 is 17.9 Å². The van der Waals surface area contributed by atoms with E-state index in [0.29, 0.717) is 38.5 Å². The fraction of sp³-hybridized carbons (Fsp3) is 0.571. The number of hydrogen-bond donors (Lipinski definition) is 4. The lowest BCUT2D eigenvalue weighted by Crippen LogP contribution is -2.11. The summed E-state index contributed by atoms with van der Waals surface area (Å²) in [5, 5.41) is 29.7. The van der Waals surface area contributed by atoms with Crippen molar-refractivity contribution in [1.82, 2.24) is 5.32 Å². The predicted molar refractivity (Wildman–Crippen MR) is 105 cm³/mol. The second-order valence-electron chi connectivity index (χ2n) is 7.39. The van der Waals surface area contributed by atoms with Crippen molar-refractivity contribution in [2.75, 3.05) is 0 Å². The minimum atomic E-state index is -0.844. The molecule has 7 nitrogen and oxygen atoms in total. The maximum Gasteiger partial charge on any atom is 0.303 e. The minimum Gasteiger partial charge on any atom is -0.481 e. The molecule has 0 atom stereocenters. The Hall–Kier alpha value is -2.57. The molecule has 1 fully saturated rings. The second-order valence-corrected chi connectivity index (χ2v) is 7.39. The van der Waals surface area contributed by atoms with Crippen LogP contribution in [0.1, 0.15) is 57.8 Å². The molecule has 1 aliphatic carbocycles. The molecule has 2 aliphatic rings. The summed E-state index contributed by atoms with van der Waals surface area (Å²) in [7, 11) is 0. The Labute approximate surface area is 165 Å². The normalized spacial score (nSPS) is 24.4. The van der Waals surface area contributed by atoms with Gasteiger partial charge in [-0.15, -0.1) is 0 Å². The van der Waals surface area contributed by atoms with Gasteiger partial charge in [0.1, 0.15) is 0 Å². The maximum absolute atomic E-state index is 10.9. The van der Waals surface area contributed by atoms with E-state index in [4.69, 9.17) is 15.3 Å². The van der Waals surface area contributed by atoms with E-state index in [2.05, 4.69) is 5.32 Å². The molecule has 28 heavy (non-hydrogen) atoms. The van der Waals surface area contributed by atoms with Crippen LogP contribution in [0.4, 0.5) is 0 Å². The Morgan fingerprint density at radius 2 is 0.893 bits per heavy atom. The van der Waals surface area contributed by atoms with E-state index < -0.39 is 17.9 Å². The van der Waals surface area contributed by atoms with Crippen LogP contribution in [0, 0.1) is 17.8 Å². The first kappa shape index (κ1) is 23.5. The topological polar surface area (TPSA) is 124 Å². The maximum atomic E-state index is 10.9. The summed E-state index contributed by atoms with van der Waals surface area (Å²) < 4.78 is 0. The fourth-order valence-corrected chi connectivity index (χ4v) is 3.61. The average Bonchev–Trinajstić information content (AvgIpc) is 2.89. The predicted octanol–water partition coefficient (Wildman–Crippen LogP) is 3.79. The third-order valence-corrected chi connectivity index (χ3v) is 5.06. The standard InChI is InChI=1S/C15H24O6.C6H7N/c16-13(17)7-10-1-2-11(8-14(18)19)5-6-12(4-3-10)9-15(20)21;1-2-4-6-7-5-3-1/h10-12H,1-9H2,(H,16,17)(H,18,19)(H,20,21);1-7H. The van der Waals surface area contributed by atoms with Gasteiger partial charge in [-0.05, 0) is 68.4 Å². The molecule has 0 spiro atoms. The molecule has 7 heteroatoms. The van der Waals surface area contributed by atoms with E-state index in [9.17, 15) is 14.4 Å². The van der Waals surface area contributed by atoms with E-state index in [-0.39, 0.29) is 37.0 Å². The highest BCUT2D eigenvalue weighted by Crippen LogP contribution is 2.32. The molecular formula is C21H31NO6. The summed E-state index contributed by atoms with van der Waals surface area (Å²) in [4.78, 5) is 32.6. The van der Waals surface area contributed by atoms with Crippen molar-refractivity contribution in [2.45, 2.75) is 57.8 Å². The van der Waals surface area contributed by atoms with Crippen LogP contribution in [0.25, 0.3) is 0 Å². The zero-order valence-electron chi connectivity index (χ0n) is 16.1. The van der Waals surface area contributed by atoms with Crippen LogP contribution in [0.15, 0.2) is 36.7 Å². The lowest BCUT2D eigenvalue weighted by atomic mass is 9.89. The molecular weight excluding hydrogens is 362 g/mol. The Bertz CT molecular complexity index is 513. The zero-order chi connectivity index (χ0) is 20.8. The fourth-order valence-electron chi connectivity index (χ4n) is 3.61. The molecule has 0 aromatic carbocycles. The van der Waals surface area contributed by atoms with Crippen LogP contribution in [0.2, 0.25) is 0 Å². The highest BCUT2D eigenvalue weighted by Gasteiger charge is 2.24. The van der Waals surface area contributed by atoms with Gasteiger partial charge in [-0.25, -0.2) is 0 Å². The molecule has 0 aromatic heterocycles. The van der Waals surface area contributed by atoms with Gasteiger partial charge < -0.3 is 20.6 Å². The number of carboxylic acids is 3. The molecule has 0 amide bonds. The van der Waals surface area contributed by atoms with Crippen LogP contribution in [-0.4, -0.2) is 33.2 Å². The molecule has 0 radical (unpaired) electrons. The van der Waals surface area contributed by atoms with Crippen LogP contribution < -0.4 is 5.32 Å². The number of nitrogens with one attached hydrogen (secondary N) is 1. The van der Waals surface area contributed by atoms with Crippen LogP contribution in [-0.2, 0) is 14.4 Å². The third-order valence-electron chi connectivity index (χ3n) is 5.06. The first-order chi connectivity index (χ1) is 13.4. The molecule has 0 aromatic rings. The summed E-state index contributed by atoms with van der Waals surface area (Å²) in [5.41, 5.74) is 0. The smallest absolute Gasteiger partial charge is 0.303 e. The molecule has 156 valence electrons. The summed E-state index contributed by atoms with van der Waals surface area (Å²) in [5.74, 6) is -2.47. The van der Waals surface area contributed by atoms with Gasteiger partial charge in [-0.3, -0.25) is 14.4 Å². The number of carbonyl (C=O) groups is 3. The molecule has 0 unspecified atom stereocenters. The quantitative estimate of drug-likeness (QED) is 0.541. The molecule has 0 bridgehead atoms. The number of rotatable bonds is 6. The SMILES string of the molecule is C1=CC=CNC=C1.O=C(O)CC1CCC(CC(=O)O)CCC(CC(=O)O)CC1. The molecule has 1 heterocycles. The second kappa shape index (κ2) is 13.6. The van der Waals surface area contributed by atoms with Crippen molar-refractivity contribution in [2.24, 2.45) is 17.8 Å². The van der Waals surface area contributed by atoms with E-state index in [1.165, 1.54) is 0 Å². The van der Waals surface area contributed by atoms with Crippen molar-refractivity contribution in [3.05, 3.63) is 36.7 Å². The van der Waals surface area contributed by atoms with E-state index in [1.54, 1.807) is 0 Å². The van der Waals surface area contributed by atoms with Crippen molar-refractivity contribution in [1.29, 1.82) is 0 Å². The van der Waals surface area contributed by atoms with Gasteiger partial charge in [0.25, 0.3) is 0 Å². The lowest BCUT2D eigenvalue weighted by molar-refractivity contribution is -0.139. The molecule has 4 N–H and O–H groups in total. The van der Waals surface area contributed by atoms with E-state index in [1.807, 2.05) is 36.7 Å². The number of hydrogen-bond acceptors (Lipinski definition) is 4.